The molecule has 0 fully saturated rings. The summed E-state index contributed by atoms with van der Waals surface area (Å²) in [5.41, 5.74) is 0.253. The molecule has 0 atom stereocenters. The molecule has 0 aliphatic heterocycles. The first-order valence-corrected chi connectivity index (χ1v) is 7.36. The number of benzene rings is 1. The van der Waals surface area contributed by atoms with Gasteiger partial charge >= 0.3 is 5.97 Å². The van der Waals surface area contributed by atoms with Crippen molar-refractivity contribution in [2.75, 3.05) is 0 Å². The van der Waals surface area contributed by atoms with Gasteiger partial charge in [-0.2, -0.15) is 0 Å². The predicted molar refractivity (Wildman–Crippen MR) is 82.6 cm³/mol. The molecule has 2 nitrogen and oxygen atoms in total. The molecule has 1 rings (SSSR count). The second-order valence-electron chi connectivity index (χ2n) is 6.28. The molecule has 0 aromatic heterocycles. The summed E-state index contributed by atoms with van der Waals surface area (Å²) in [5.74, 6) is -0.198. The molecule has 0 bridgehead atoms. The number of carbonyl (C=O) groups is 1. The number of hydrogen-bond acceptors (Lipinski definition) is 2. The first-order valence-electron chi connectivity index (χ1n) is 6.19. The third kappa shape index (κ3) is 5.15. The van der Waals surface area contributed by atoms with Gasteiger partial charge in [0.25, 0.3) is 0 Å². The standard InChI is InChI=1S/C15H20BrClO2/c1-14(2,3)19-13(18)9-15(4,5)10-6-7-11(16)12(17)8-10/h6-8H,9H2,1-5H3. The first-order chi connectivity index (χ1) is 8.51. The lowest BCUT2D eigenvalue weighted by atomic mass is 9.81. The van der Waals surface area contributed by atoms with Crippen LogP contribution in [0.5, 0.6) is 0 Å². The summed E-state index contributed by atoms with van der Waals surface area (Å²) in [6.45, 7) is 9.63. The molecule has 0 heterocycles. The Morgan fingerprint density at radius 1 is 1.26 bits per heavy atom. The molecule has 0 aliphatic rings. The van der Waals surface area contributed by atoms with Gasteiger partial charge in [-0.25, -0.2) is 0 Å². The van der Waals surface area contributed by atoms with Crippen LogP contribution in [0.1, 0.15) is 46.6 Å². The Morgan fingerprint density at radius 3 is 2.32 bits per heavy atom. The smallest absolute Gasteiger partial charge is 0.307 e. The summed E-state index contributed by atoms with van der Waals surface area (Å²) < 4.78 is 6.22. The summed E-state index contributed by atoms with van der Waals surface area (Å²) >= 11 is 9.46. The summed E-state index contributed by atoms with van der Waals surface area (Å²) in [6.07, 6.45) is 0.322. The second kappa shape index (κ2) is 5.84. The maximum atomic E-state index is 11.9. The van der Waals surface area contributed by atoms with Gasteiger partial charge in [0.2, 0.25) is 0 Å². The van der Waals surface area contributed by atoms with Gasteiger partial charge in [0.1, 0.15) is 5.60 Å². The lowest BCUT2D eigenvalue weighted by molar-refractivity contribution is -0.156. The van der Waals surface area contributed by atoms with Crippen molar-refractivity contribution in [2.24, 2.45) is 0 Å². The SMILES string of the molecule is CC(C)(C)OC(=O)CC(C)(C)c1ccc(Br)c(Cl)c1. The third-order valence-corrected chi connectivity index (χ3v) is 3.94. The van der Waals surface area contributed by atoms with Crippen molar-refractivity contribution in [1.29, 1.82) is 0 Å². The normalized spacial score (nSPS) is 12.4. The molecule has 0 unspecified atom stereocenters. The van der Waals surface area contributed by atoms with Gasteiger partial charge in [0.15, 0.2) is 0 Å². The van der Waals surface area contributed by atoms with Crippen molar-refractivity contribution in [2.45, 2.75) is 52.1 Å². The van der Waals surface area contributed by atoms with Crippen molar-refractivity contribution < 1.29 is 9.53 Å². The van der Waals surface area contributed by atoms with E-state index in [0.29, 0.717) is 11.4 Å². The Morgan fingerprint density at radius 2 is 1.84 bits per heavy atom. The van der Waals surface area contributed by atoms with Crippen LogP contribution >= 0.6 is 27.5 Å². The van der Waals surface area contributed by atoms with E-state index in [1.807, 2.05) is 52.8 Å². The van der Waals surface area contributed by atoms with Gasteiger partial charge in [-0.1, -0.05) is 31.5 Å². The average Bonchev–Trinajstić information content (AvgIpc) is 2.17. The summed E-state index contributed by atoms with van der Waals surface area (Å²) in [6, 6.07) is 5.75. The molecule has 19 heavy (non-hydrogen) atoms. The molecule has 0 saturated carbocycles. The van der Waals surface area contributed by atoms with Crippen LogP contribution in [0.25, 0.3) is 0 Å². The van der Waals surface area contributed by atoms with Crippen LogP contribution in [0, 0.1) is 0 Å². The monoisotopic (exact) mass is 346 g/mol. The van der Waals surface area contributed by atoms with Gasteiger partial charge in [0, 0.05) is 9.89 Å². The zero-order valence-electron chi connectivity index (χ0n) is 12.0. The maximum absolute atomic E-state index is 11.9. The summed E-state index contributed by atoms with van der Waals surface area (Å²) in [7, 11) is 0. The van der Waals surface area contributed by atoms with E-state index in [1.165, 1.54) is 0 Å². The van der Waals surface area contributed by atoms with Crippen molar-refractivity contribution in [3.05, 3.63) is 33.3 Å². The van der Waals surface area contributed by atoms with E-state index in [0.717, 1.165) is 10.0 Å². The third-order valence-electron chi connectivity index (χ3n) is 2.71. The Labute approximate surface area is 128 Å². The molecule has 1 aromatic carbocycles. The van der Waals surface area contributed by atoms with Crippen LogP contribution in [-0.2, 0) is 14.9 Å². The highest BCUT2D eigenvalue weighted by atomic mass is 79.9. The van der Waals surface area contributed by atoms with Crippen LogP contribution in [0.4, 0.5) is 0 Å². The number of carbonyl (C=O) groups excluding carboxylic acids is 1. The molecule has 0 amide bonds. The van der Waals surface area contributed by atoms with Crippen LogP contribution in [0.15, 0.2) is 22.7 Å². The van der Waals surface area contributed by atoms with Crippen molar-refractivity contribution in [3.63, 3.8) is 0 Å². The minimum atomic E-state index is -0.454. The Bertz CT molecular complexity index is 476. The number of halogens is 2. The van der Waals surface area contributed by atoms with E-state index < -0.39 is 5.60 Å². The fourth-order valence-electron chi connectivity index (χ4n) is 1.76. The van der Waals surface area contributed by atoms with Crippen LogP contribution < -0.4 is 0 Å². The molecule has 0 spiro atoms. The van der Waals surface area contributed by atoms with Gasteiger partial charge < -0.3 is 4.74 Å². The highest BCUT2D eigenvalue weighted by Gasteiger charge is 2.28. The highest BCUT2D eigenvalue weighted by Crippen LogP contribution is 2.32. The number of ether oxygens (including phenoxy) is 1. The van der Waals surface area contributed by atoms with Crippen molar-refractivity contribution in [1.82, 2.24) is 0 Å². The van der Waals surface area contributed by atoms with Crippen molar-refractivity contribution in [3.8, 4) is 0 Å². The number of esters is 1. The van der Waals surface area contributed by atoms with Gasteiger partial charge in [-0.3, -0.25) is 4.79 Å². The van der Waals surface area contributed by atoms with E-state index in [1.54, 1.807) is 0 Å². The lowest BCUT2D eigenvalue weighted by Gasteiger charge is -2.27. The van der Waals surface area contributed by atoms with Gasteiger partial charge in [0.05, 0.1) is 11.4 Å². The summed E-state index contributed by atoms with van der Waals surface area (Å²) in [4.78, 5) is 11.9. The number of hydrogen-bond donors (Lipinski definition) is 0. The minimum absolute atomic E-state index is 0.198. The zero-order chi connectivity index (χ0) is 14.8. The Balaban J connectivity index is 2.86. The lowest BCUT2D eigenvalue weighted by Crippen LogP contribution is -2.29. The van der Waals surface area contributed by atoms with E-state index in [2.05, 4.69) is 15.9 Å². The minimum Gasteiger partial charge on any atom is -0.460 e. The van der Waals surface area contributed by atoms with Crippen LogP contribution in [0.2, 0.25) is 5.02 Å². The average molecular weight is 348 g/mol. The van der Waals surface area contributed by atoms with Crippen molar-refractivity contribution >= 4 is 33.5 Å². The highest BCUT2D eigenvalue weighted by molar-refractivity contribution is 9.10. The predicted octanol–water partition coefficient (Wildman–Crippen LogP) is 5.11. The van der Waals surface area contributed by atoms with E-state index in [4.69, 9.17) is 16.3 Å². The fraction of sp³-hybridized carbons (Fsp3) is 0.533. The Kier molecular flexibility index (Phi) is 5.08. The Hall–Kier alpha value is -0.540. The molecule has 1 aromatic rings. The van der Waals surface area contributed by atoms with Gasteiger partial charge in [-0.15, -0.1) is 0 Å². The molecule has 106 valence electrons. The first kappa shape index (κ1) is 16.5. The second-order valence-corrected chi connectivity index (χ2v) is 7.54. The molecular weight excluding hydrogens is 328 g/mol. The van der Waals surface area contributed by atoms with E-state index in [-0.39, 0.29) is 11.4 Å². The molecule has 0 aliphatic carbocycles. The van der Waals surface area contributed by atoms with Crippen LogP contribution in [-0.4, -0.2) is 11.6 Å². The van der Waals surface area contributed by atoms with Crippen LogP contribution in [0.3, 0.4) is 0 Å². The zero-order valence-corrected chi connectivity index (χ0v) is 14.4. The topological polar surface area (TPSA) is 26.3 Å². The number of rotatable bonds is 3. The van der Waals surface area contributed by atoms with Gasteiger partial charge in [-0.05, 0) is 54.4 Å². The maximum Gasteiger partial charge on any atom is 0.307 e. The molecule has 0 saturated heterocycles. The summed E-state index contributed by atoms with van der Waals surface area (Å²) in [5, 5.41) is 0.648. The largest absolute Gasteiger partial charge is 0.460 e. The molecule has 0 radical (unpaired) electrons. The molecular formula is C15H20BrClO2. The quantitative estimate of drug-likeness (QED) is 0.710. The van der Waals surface area contributed by atoms with E-state index in [9.17, 15) is 4.79 Å². The molecule has 0 N–H and O–H groups in total. The fourth-order valence-corrected chi connectivity index (χ4v) is 2.18. The molecule has 4 heteroatoms. The van der Waals surface area contributed by atoms with E-state index >= 15 is 0 Å².